The molecule has 0 atom stereocenters. The Morgan fingerprint density at radius 1 is 1.26 bits per heavy atom. The van der Waals surface area contributed by atoms with Gasteiger partial charge < -0.3 is 10.1 Å². The van der Waals surface area contributed by atoms with E-state index in [1.807, 2.05) is 13.8 Å². The third-order valence-electron chi connectivity index (χ3n) is 3.05. The molecule has 8 heteroatoms. The molecular formula is C15H19N3O4S. The zero-order valence-electron chi connectivity index (χ0n) is 13.2. The summed E-state index contributed by atoms with van der Waals surface area (Å²) < 4.78 is 29.8. The van der Waals surface area contributed by atoms with Gasteiger partial charge in [0.05, 0.1) is 11.1 Å². The first-order valence-electron chi connectivity index (χ1n) is 7.03. The van der Waals surface area contributed by atoms with Crippen LogP contribution in [0.3, 0.4) is 0 Å². The molecule has 7 nitrogen and oxygen atoms in total. The lowest BCUT2D eigenvalue weighted by Crippen LogP contribution is -2.22. The highest BCUT2D eigenvalue weighted by atomic mass is 32.2. The van der Waals surface area contributed by atoms with E-state index in [0.29, 0.717) is 11.6 Å². The minimum absolute atomic E-state index is 0.129. The summed E-state index contributed by atoms with van der Waals surface area (Å²) in [5, 5.41) is 6.84. The Bertz CT molecular complexity index is 779. The fourth-order valence-corrected chi connectivity index (χ4v) is 2.57. The van der Waals surface area contributed by atoms with Crippen LogP contribution in [0.4, 0.5) is 5.82 Å². The van der Waals surface area contributed by atoms with E-state index < -0.39 is 9.84 Å². The normalized spacial score (nSPS) is 11.5. The second kappa shape index (κ2) is 6.82. The molecular weight excluding hydrogens is 318 g/mol. The number of amides is 1. The molecule has 1 N–H and O–H groups in total. The van der Waals surface area contributed by atoms with Gasteiger partial charge in [-0.3, -0.25) is 4.79 Å². The zero-order chi connectivity index (χ0) is 17.0. The zero-order valence-corrected chi connectivity index (χ0v) is 14.0. The number of hydrogen-bond donors (Lipinski definition) is 1. The van der Waals surface area contributed by atoms with E-state index in [2.05, 4.69) is 10.4 Å². The predicted octanol–water partition coefficient (Wildman–Crippen LogP) is 1.89. The minimum Gasteiger partial charge on any atom is -0.484 e. The highest BCUT2D eigenvalue weighted by Crippen LogP contribution is 2.16. The van der Waals surface area contributed by atoms with Crippen LogP contribution in [0.1, 0.15) is 19.9 Å². The molecule has 0 fully saturated rings. The number of benzene rings is 1. The van der Waals surface area contributed by atoms with Crippen molar-refractivity contribution < 1.29 is 17.9 Å². The van der Waals surface area contributed by atoms with Crippen LogP contribution in [0.5, 0.6) is 5.75 Å². The van der Waals surface area contributed by atoms with Crippen LogP contribution in [-0.2, 0) is 14.6 Å². The van der Waals surface area contributed by atoms with Crippen LogP contribution in [0.15, 0.2) is 41.4 Å². The van der Waals surface area contributed by atoms with E-state index in [9.17, 15) is 13.2 Å². The highest BCUT2D eigenvalue weighted by molar-refractivity contribution is 7.90. The van der Waals surface area contributed by atoms with Gasteiger partial charge in [-0.25, -0.2) is 13.1 Å². The molecule has 1 aromatic heterocycles. The van der Waals surface area contributed by atoms with Crippen LogP contribution in [0.25, 0.3) is 0 Å². The maximum Gasteiger partial charge on any atom is 0.263 e. The molecule has 1 aromatic carbocycles. The molecule has 0 spiro atoms. The van der Waals surface area contributed by atoms with Gasteiger partial charge in [0.2, 0.25) is 0 Å². The lowest BCUT2D eigenvalue weighted by atomic mass is 10.3. The van der Waals surface area contributed by atoms with E-state index in [1.54, 1.807) is 16.9 Å². The second-order valence-electron chi connectivity index (χ2n) is 5.34. The molecule has 0 aliphatic heterocycles. The Labute approximate surface area is 135 Å². The lowest BCUT2D eigenvalue weighted by Gasteiger charge is -2.12. The molecule has 0 saturated heterocycles. The van der Waals surface area contributed by atoms with E-state index in [1.165, 1.54) is 24.3 Å². The topological polar surface area (TPSA) is 90.3 Å². The van der Waals surface area contributed by atoms with E-state index in [-0.39, 0.29) is 23.5 Å². The number of nitrogens with one attached hydrogen (secondary N) is 1. The molecule has 0 aliphatic carbocycles. The van der Waals surface area contributed by atoms with Crippen LogP contribution in [-0.4, -0.2) is 37.0 Å². The summed E-state index contributed by atoms with van der Waals surface area (Å²) in [6, 6.07) is 7.75. The van der Waals surface area contributed by atoms with Crippen molar-refractivity contribution >= 4 is 21.6 Å². The first-order chi connectivity index (χ1) is 10.8. The number of carbonyl (C=O) groups is 1. The van der Waals surface area contributed by atoms with Gasteiger partial charge >= 0.3 is 0 Å². The van der Waals surface area contributed by atoms with Crippen LogP contribution in [0, 0.1) is 0 Å². The molecule has 2 rings (SSSR count). The van der Waals surface area contributed by atoms with Crippen LogP contribution < -0.4 is 10.1 Å². The van der Waals surface area contributed by atoms with Gasteiger partial charge in [-0.05, 0) is 38.1 Å². The highest BCUT2D eigenvalue weighted by Gasteiger charge is 2.11. The first-order valence-corrected chi connectivity index (χ1v) is 8.93. The third kappa shape index (κ3) is 4.56. The van der Waals surface area contributed by atoms with Gasteiger partial charge in [-0.2, -0.15) is 5.10 Å². The van der Waals surface area contributed by atoms with Crippen molar-refractivity contribution in [2.24, 2.45) is 0 Å². The molecule has 0 bridgehead atoms. The molecule has 1 heterocycles. The number of nitrogens with zero attached hydrogens (tertiary/aromatic N) is 2. The fraction of sp³-hybridized carbons (Fsp3) is 0.333. The molecule has 124 valence electrons. The third-order valence-corrected chi connectivity index (χ3v) is 4.18. The van der Waals surface area contributed by atoms with Crippen LogP contribution >= 0.6 is 0 Å². The number of anilines is 1. The average Bonchev–Trinajstić information content (AvgIpc) is 2.93. The van der Waals surface area contributed by atoms with Crippen LogP contribution in [0.2, 0.25) is 0 Å². The van der Waals surface area contributed by atoms with Crippen molar-refractivity contribution in [2.45, 2.75) is 24.8 Å². The van der Waals surface area contributed by atoms with Gasteiger partial charge in [0.1, 0.15) is 11.6 Å². The summed E-state index contributed by atoms with van der Waals surface area (Å²) in [7, 11) is -3.24. The standard InChI is InChI=1S/C15H19N3O4S/c1-11(2)18-14(8-9-16-18)17-15(19)10-22-12-4-6-13(7-5-12)23(3,20)21/h4-9,11H,10H2,1-3H3,(H,17,19). The average molecular weight is 337 g/mol. The second-order valence-corrected chi connectivity index (χ2v) is 7.35. The van der Waals surface area contributed by atoms with Crippen molar-refractivity contribution in [3.05, 3.63) is 36.5 Å². The summed E-state index contributed by atoms with van der Waals surface area (Å²) in [4.78, 5) is 12.1. The smallest absolute Gasteiger partial charge is 0.263 e. The van der Waals surface area contributed by atoms with Gasteiger partial charge in [-0.15, -0.1) is 0 Å². The lowest BCUT2D eigenvalue weighted by molar-refractivity contribution is -0.118. The molecule has 0 saturated carbocycles. The van der Waals surface area contributed by atoms with E-state index in [4.69, 9.17) is 4.74 Å². The Hall–Kier alpha value is -2.35. The summed E-state index contributed by atoms with van der Waals surface area (Å²) in [6.45, 7) is 3.74. The Morgan fingerprint density at radius 2 is 1.91 bits per heavy atom. The van der Waals surface area contributed by atoms with E-state index >= 15 is 0 Å². The van der Waals surface area contributed by atoms with E-state index in [0.717, 1.165) is 6.26 Å². The quantitative estimate of drug-likeness (QED) is 0.869. The molecule has 0 unspecified atom stereocenters. The molecule has 2 aromatic rings. The molecule has 23 heavy (non-hydrogen) atoms. The fourth-order valence-electron chi connectivity index (χ4n) is 1.94. The number of ether oxygens (including phenoxy) is 1. The summed E-state index contributed by atoms with van der Waals surface area (Å²) in [6.07, 6.45) is 2.74. The molecule has 0 radical (unpaired) electrons. The Kier molecular flexibility index (Phi) is 5.05. The Balaban J connectivity index is 1.93. The van der Waals surface area contributed by atoms with Crippen molar-refractivity contribution in [3.63, 3.8) is 0 Å². The monoisotopic (exact) mass is 337 g/mol. The van der Waals surface area contributed by atoms with Gasteiger partial charge in [0.25, 0.3) is 5.91 Å². The first kappa shape index (κ1) is 17.0. The summed E-state index contributed by atoms with van der Waals surface area (Å²) in [5.41, 5.74) is 0. The Morgan fingerprint density at radius 3 is 2.48 bits per heavy atom. The largest absolute Gasteiger partial charge is 0.484 e. The number of hydrogen-bond acceptors (Lipinski definition) is 5. The van der Waals surface area contributed by atoms with Crippen molar-refractivity contribution in [1.82, 2.24) is 9.78 Å². The number of carbonyl (C=O) groups excluding carboxylic acids is 1. The predicted molar refractivity (Wildman–Crippen MR) is 86.3 cm³/mol. The summed E-state index contributed by atoms with van der Waals surface area (Å²) >= 11 is 0. The number of aromatic nitrogens is 2. The van der Waals surface area contributed by atoms with Crippen molar-refractivity contribution in [2.75, 3.05) is 18.2 Å². The number of rotatable bonds is 6. The van der Waals surface area contributed by atoms with Gasteiger partial charge in [0.15, 0.2) is 16.4 Å². The molecule has 0 aliphatic rings. The van der Waals surface area contributed by atoms with Crippen molar-refractivity contribution in [3.8, 4) is 5.75 Å². The summed E-state index contributed by atoms with van der Waals surface area (Å²) in [5.74, 6) is 0.700. The molecule has 1 amide bonds. The van der Waals surface area contributed by atoms with Gasteiger partial charge in [-0.1, -0.05) is 0 Å². The number of sulfone groups is 1. The SMILES string of the molecule is CC(C)n1nccc1NC(=O)COc1ccc(S(C)(=O)=O)cc1. The maximum atomic E-state index is 11.9. The maximum absolute atomic E-state index is 11.9. The van der Waals surface area contributed by atoms with Crippen molar-refractivity contribution in [1.29, 1.82) is 0 Å². The minimum atomic E-state index is -3.24. The van der Waals surface area contributed by atoms with Gasteiger partial charge in [0, 0.05) is 18.4 Å².